The molecule has 0 aromatic heterocycles. The lowest BCUT2D eigenvalue weighted by molar-refractivity contribution is -0.117. The molecule has 0 radical (unpaired) electrons. The summed E-state index contributed by atoms with van der Waals surface area (Å²) in [7, 11) is 1.89. The van der Waals surface area contributed by atoms with Crippen molar-refractivity contribution in [1.29, 1.82) is 0 Å². The number of nitrogens with zero attached hydrogens (tertiary/aromatic N) is 1. The van der Waals surface area contributed by atoms with Crippen molar-refractivity contribution in [2.75, 3.05) is 25.5 Å². The molecule has 0 bridgehead atoms. The highest BCUT2D eigenvalue weighted by atomic mass is 16.2. The molecule has 1 amide bonds. The van der Waals surface area contributed by atoms with E-state index in [1.807, 2.05) is 50.1 Å². The van der Waals surface area contributed by atoms with E-state index in [0.29, 0.717) is 13.1 Å². The van der Waals surface area contributed by atoms with Gasteiger partial charge >= 0.3 is 0 Å². The number of hydrogen-bond acceptors (Lipinski definition) is 3. The largest absolute Gasteiger partial charge is 0.327 e. The summed E-state index contributed by atoms with van der Waals surface area (Å²) in [6, 6.07) is 7.81. The first-order valence-corrected chi connectivity index (χ1v) is 5.78. The molecule has 1 atom stereocenters. The van der Waals surface area contributed by atoms with Crippen LogP contribution in [0.4, 0.5) is 5.69 Å². The van der Waals surface area contributed by atoms with Gasteiger partial charge in [-0.2, -0.15) is 0 Å². The molecule has 0 fully saturated rings. The van der Waals surface area contributed by atoms with E-state index in [4.69, 9.17) is 5.73 Å². The number of benzene rings is 1. The first-order valence-electron chi connectivity index (χ1n) is 5.78. The topological polar surface area (TPSA) is 58.4 Å². The number of para-hydroxylation sites is 1. The maximum Gasteiger partial charge on any atom is 0.238 e. The van der Waals surface area contributed by atoms with Gasteiger partial charge in [-0.05, 0) is 32.5 Å². The molecule has 17 heavy (non-hydrogen) atoms. The Morgan fingerprint density at radius 2 is 2.12 bits per heavy atom. The van der Waals surface area contributed by atoms with Gasteiger partial charge in [0.05, 0.1) is 6.54 Å². The number of nitrogens with two attached hydrogens (primary N) is 1. The number of likely N-dealkylation sites (N-methyl/N-ethyl adjacent to an activating group) is 1. The number of carbonyl (C=O) groups is 1. The Bertz CT molecular complexity index is 377. The lowest BCUT2D eigenvalue weighted by Crippen LogP contribution is -2.37. The summed E-state index contributed by atoms with van der Waals surface area (Å²) in [5, 5.41) is 2.89. The number of anilines is 1. The molecule has 0 aliphatic carbocycles. The van der Waals surface area contributed by atoms with E-state index in [1.54, 1.807) is 0 Å². The highest BCUT2D eigenvalue weighted by Crippen LogP contribution is 2.12. The van der Waals surface area contributed by atoms with Crippen LogP contribution in [-0.4, -0.2) is 37.0 Å². The van der Waals surface area contributed by atoms with Gasteiger partial charge in [0.1, 0.15) is 0 Å². The average Bonchev–Trinajstić information content (AvgIpc) is 2.19. The summed E-state index contributed by atoms with van der Waals surface area (Å²) in [5.74, 6) is -0.0116. The minimum atomic E-state index is -0.0116. The predicted octanol–water partition coefficient (Wildman–Crippen LogP) is 1.21. The predicted molar refractivity (Wildman–Crippen MR) is 71.0 cm³/mol. The molecule has 0 spiro atoms. The zero-order valence-corrected chi connectivity index (χ0v) is 10.7. The van der Waals surface area contributed by atoms with Crippen LogP contribution in [-0.2, 0) is 4.79 Å². The van der Waals surface area contributed by atoms with Crippen molar-refractivity contribution in [3.05, 3.63) is 29.8 Å². The summed E-state index contributed by atoms with van der Waals surface area (Å²) in [5.41, 5.74) is 7.61. The number of hydrogen-bond donors (Lipinski definition) is 2. The summed E-state index contributed by atoms with van der Waals surface area (Å²) in [6.07, 6.45) is 0. The number of rotatable bonds is 5. The van der Waals surface area contributed by atoms with Crippen LogP contribution in [0.2, 0.25) is 0 Å². The second-order valence-corrected chi connectivity index (χ2v) is 4.54. The van der Waals surface area contributed by atoms with Gasteiger partial charge in [0.25, 0.3) is 0 Å². The van der Waals surface area contributed by atoms with Crippen LogP contribution in [0.25, 0.3) is 0 Å². The Morgan fingerprint density at radius 3 is 2.71 bits per heavy atom. The molecule has 3 N–H and O–H groups in total. The van der Waals surface area contributed by atoms with Gasteiger partial charge in [-0.25, -0.2) is 0 Å². The average molecular weight is 235 g/mol. The van der Waals surface area contributed by atoms with E-state index in [2.05, 4.69) is 5.32 Å². The molecule has 1 rings (SSSR count). The smallest absolute Gasteiger partial charge is 0.238 e. The quantitative estimate of drug-likeness (QED) is 0.806. The molecule has 0 saturated carbocycles. The summed E-state index contributed by atoms with van der Waals surface area (Å²) in [6.45, 7) is 4.97. The van der Waals surface area contributed by atoms with Gasteiger partial charge in [0, 0.05) is 18.3 Å². The van der Waals surface area contributed by atoms with E-state index in [-0.39, 0.29) is 11.9 Å². The third kappa shape index (κ3) is 4.97. The molecular formula is C13H21N3O. The molecule has 0 heterocycles. The van der Waals surface area contributed by atoms with Crippen molar-refractivity contribution >= 4 is 11.6 Å². The number of amides is 1. The Hall–Kier alpha value is -1.39. The van der Waals surface area contributed by atoms with E-state index >= 15 is 0 Å². The zero-order chi connectivity index (χ0) is 12.8. The van der Waals surface area contributed by atoms with Gasteiger partial charge in [0.15, 0.2) is 0 Å². The van der Waals surface area contributed by atoms with Crippen LogP contribution >= 0.6 is 0 Å². The van der Waals surface area contributed by atoms with Crippen LogP contribution in [0.3, 0.4) is 0 Å². The van der Waals surface area contributed by atoms with E-state index < -0.39 is 0 Å². The maximum atomic E-state index is 11.8. The normalized spacial score (nSPS) is 12.5. The standard InChI is InChI=1S/C13H21N3O/c1-10-6-4-5-7-12(10)15-13(17)9-16(3)8-11(2)14/h4-7,11H,8-9,14H2,1-3H3,(H,15,17). The van der Waals surface area contributed by atoms with Crippen LogP contribution in [0.15, 0.2) is 24.3 Å². The fraction of sp³-hybridized carbons (Fsp3) is 0.462. The molecule has 1 aromatic rings. The van der Waals surface area contributed by atoms with Gasteiger partial charge in [0.2, 0.25) is 5.91 Å². The van der Waals surface area contributed by atoms with Crippen LogP contribution in [0, 0.1) is 6.92 Å². The molecule has 0 aliphatic heterocycles. The minimum absolute atomic E-state index is 0.0116. The molecule has 1 unspecified atom stereocenters. The molecule has 0 saturated heterocycles. The summed E-state index contributed by atoms with van der Waals surface area (Å²) in [4.78, 5) is 13.7. The minimum Gasteiger partial charge on any atom is -0.327 e. The van der Waals surface area contributed by atoms with Gasteiger partial charge in [-0.15, -0.1) is 0 Å². The number of nitrogens with one attached hydrogen (secondary N) is 1. The Balaban J connectivity index is 2.47. The van der Waals surface area contributed by atoms with Crippen molar-refractivity contribution < 1.29 is 4.79 Å². The summed E-state index contributed by atoms with van der Waals surface area (Å²) < 4.78 is 0. The van der Waals surface area contributed by atoms with Crippen molar-refractivity contribution in [1.82, 2.24) is 4.90 Å². The second kappa shape index (κ2) is 6.37. The highest BCUT2D eigenvalue weighted by Gasteiger charge is 2.09. The van der Waals surface area contributed by atoms with E-state index in [1.165, 1.54) is 0 Å². The van der Waals surface area contributed by atoms with Crippen LogP contribution in [0.5, 0.6) is 0 Å². The van der Waals surface area contributed by atoms with Gasteiger partial charge in [-0.1, -0.05) is 18.2 Å². The summed E-state index contributed by atoms with van der Waals surface area (Å²) >= 11 is 0. The van der Waals surface area contributed by atoms with E-state index in [0.717, 1.165) is 11.3 Å². The van der Waals surface area contributed by atoms with Gasteiger partial charge < -0.3 is 11.1 Å². The maximum absolute atomic E-state index is 11.8. The highest BCUT2D eigenvalue weighted by molar-refractivity contribution is 5.92. The Morgan fingerprint density at radius 1 is 1.47 bits per heavy atom. The molecule has 4 heteroatoms. The van der Waals surface area contributed by atoms with E-state index in [9.17, 15) is 4.79 Å². The second-order valence-electron chi connectivity index (χ2n) is 4.54. The van der Waals surface area contributed by atoms with Crippen molar-refractivity contribution in [2.24, 2.45) is 5.73 Å². The zero-order valence-electron chi connectivity index (χ0n) is 10.7. The monoisotopic (exact) mass is 235 g/mol. The van der Waals surface area contributed by atoms with Crippen LogP contribution < -0.4 is 11.1 Å². The number of aryl methyl sites for hydroxylation is 1. The van der Waals surface area contributed by atoms with Crippen LogP contribution in [0.1, 0.15) is 12.5 Å². The molecule has 94 valence electrons. The fourth-order valence-corrected chi connectivity index (χ4v) is 1.70. The lowest BCUT2D eigenvalue weighted by atomic mass is 10.2. The first-order chi connectivity index (χ1) is 7.99. The third-order valence-corrected chi connectivity index (χ3v) is 2.43. The van der Waals surface area contributed by atoms with Crippen molar-refractivity contribution in [2.45, 2.75) is 19.9 Å². The third-order valence-electron chi connectivity index (χ3n) is 2.43. The molecule has 0 aliphatic rings. The Kier molecular flexibility index (Phi) is 5.12. The van der Waals surface area contributed by atoms with Crippen molar-refractivity contribution in [3.8, 4) is 0 Å². The first kappa shape index (κ1) is 13.7. The molecular weight excluding hydrogens is 214 g/mol. The lowest BCUT2D eigenvalue weighted by Gasteiger charge is -2.18. The molecule has 4 nitrogen and oxygen atoms in total. The number of carbonyl (C=O) groups excluding carboxylic acids is 1. The molecule has 1 aromatic carbocycles. The SMILES string of the molecule is Cc1ccccc1NC(=O)CN(C)CC(C)N. The van der Waals surface area contributed by atoms with Gasteiger partial charge in [-0.3, -0.25) is 9.69 Å². The Labute approximate surface area is 103 Å². The fourth-order valence-electron chi connectivity index (χ4n) is 1.70. The van der Waals surface area contributed by atoms with Crippen molar-refractivity contribution in [3.63, 3.8) is 0 Å².